The van der Waals surface area contributed by atoms with Gasteiger partial charge in [-0.1, -0.05) is 11.6 Å². The van der Waals surface area contributed by atoms with Gasteiger partial charge in [0.1, 0.15) is 12.4 Å². The SMILES string of the molecule is CCn1nc(C)c(Cl)c1COc1ccc([N+](=O)[O-])c(F)c1. The van der Waals surface area contributed by atoms with Crippen molar-refractivity contribution in [1.82, 2.24) is 9.78 Å². The Hall–Kier alpha value is -2.15. The number of hydrogen-bond donors (Lipinski definition) is 0. The molecule has 8 heteroatoms. The molecule has 112 valence electrons. The number of nitrogens with zero attached hydrogens (tertiary/aromatic N) is 3. The fourth-order valence-corrected chi connectivity index (χ4v) is 2.07. The Kier molecular flexibility index (Phi) is 4.42. The smallest absolute Gasteiger partial charge is 0.305 e. The molecule has 0 saturated carbocycles. The van der Waals surface area contributed by atoms with Crippen molar-refractivity contribution in [1.29, 1.82) is 0 Å². The largest absolute Gasteiger partial charge is 0.487 e. The average molecular weight is 314 g/mol. The molecule has 0 aliphatic heterocycles. The van der Waals surface area contributed by atoms with E-state index < -0.39 is 16.4 Å². The minimum Gasteiger partial charge on any atom is -0.487 e. The molecular weight excluding hydrogens is 301 g/mol. The maximum Gasteiger partial charge on any atom is 0.305 e. The summed E-state index contributed by atoms with van der Waals surface area (Å²) in [6.07, 6.45) is 0. The maximum atomic E-state index is 13.5. The first-order valence-electron chi connectivity index (χ1n) is 6.22. The molecular formula is C13H13ClFN3O3. The Balaban J connectivity index is 2.17. The number of aryl methyl sites for hydroxylation is 2. The maximum absolute atomic E-state index is 13.5. The van der Waals surface area contributed by atoms with Gasteiger partial charge in [0.05, 0.1) is 21.3 Å². The van der Waals surface area contributed by atoms with Crippen LogP contribution in [0.15, 0.2) is 18.2 Å². The molecule has 21 heavy (non-hydrogen) atoms. The van der Waals surface area contributed by atoms with Crippen LogP contribution >= 0.6 is 11.6 Å². The Morgan fingerprint density at radius 1 is 1.52 bits per heavy atom. The summed E-state index contributed by atoms with van der Waals surface area (Å²) in [6, 6.07) is 3.38. The van der Waals surface area contributed by atoms with Crippen LogP contribution in [-0.4, -0.2) is 14.7 Å². The van der Waals surface area contributed by atoms with E-state index in [0.717, 1.165) is 12.1 Å². The number of rotatable bonds is 5. The van der Waals surface area contributed by atoms with E-state index in [2.05, 4.69) is 5.10 Å². The van der Waals surface area contributed by atoms with Gasteiger partial charge >= 0.3 is 5.69 Å². The summed E-state index contributed by atoms with van der Waals surface area (Å²) < 4.78 is 20.6. The van der Waals surface area contributed by atoms with Crippen molar-refractivity contribution in [2.24, 2.45) is 0 Å². The van der Waals surface area contributed by atoms with Crippen molar-refractivity contribution in [3.05, 3.63) is 50.5 Å². The molecule has 0 fully saturated rings. The summed E-state index contributed by atoms with van der Waals surface area (Å²) >= 11 is 6.13. The Morgan fingerprint density at radius 3 is 2.81 bits per heavy atom. The zero-order valence-electron chi connectivity index (χ0n) is 11.5. The van der Waals surface area contributed by atoms with E-state index in [-0.39, 0.29) is 12.4 Å². The van der Waals surface area contributed by atoms with E-state index in [1.807, 2.05) is 6.92 Å². The number of halogens is 2. The van der Waals surface area contributed by atoms with Gasteiger partial charge in [-0.2, -0.15) is 9.49 Å². The topological polar surface area (TPSA) is 70.2 Å². The van der Waals surface area contributed by atoms with Gasteiger partial charge in [-0.05, 0) is 19.9 Å². The minimum absolute atomic E-state index is 0.102. The number of aromatic nitrogens is 2. The number of benzene rings is 1. The lowest BCUT2D eigenvalue weighted by Crippen LogP contribution is -2.06. The summed E-state index contributed by atoms with van der Waals surface area (Å²) in [5.41, 5.74) is 0.775. The number of ether oxygens (including phenoxy) is 1. The second kappa shape index (κ2) is 6.09. The van der Waals surface area contributed by atoms with Gasteiger partial charge in [0.25, 0.3) is 0 Å². The molecule has 0 aliphatic carbocycles. The molecule has 2 aromatic rings. The van der Waals surface area contributed by atoms with Crippen molar-refractivity contribution < 1.29 is 14.1 Å². The Labute approximate surface area is 125 Å². The molecule has 1 heterocycles. The number of hydrogen-bond acceptors (Lipinski definition) is 4. The molecule has 0 amide bonds. The van der Waals surface area contributed by atoms with Gasteiger partial charge in [-0.15, -0.1) is 0 Å². The first-order chi connectivity index (χ1) is 9.93. The molecule has 1 aromatic heterocycles. The lowest BCUT2D eigenvalue weighted by Gasteiger charge is -2.08. The highest BCUT2D eigenvalue weighted by Crippen LogP contribution is 2.25. The third kappa shape index (κ3) is 3.13. The molecule has 0 saturated heterocycles. The van der Waals surface area contributed by atoms with Crippen LogP contribution < -0.4 is 4.74 Å². The zero-order chi connectivity index (χ0) is 15.6. The van der Waals surface area contributed by atoms with Gasteiger partial charge in [0.15, 0.2) is 0 Å². The predicted molar refractivity (Wildman–Crippen MR) is 75.0 cm³/mol. The summed E-state index contributed by atoms with van der Waals surface area (Å²) in [4.78, 5) is 9.75. The van der Waals surface area contributed by atoms with E-state index in [1.165, 1.54) is 6.07 Å². The highest BCUT2D eigenvalue weighted by atomic mass is 35.5. The monoisotopic (exact) mass is 313 g/mol. The molecule has 2 rings (SSSR count). The van der Waals surface area contributed by atoms with Gasteiger partial charge < -0.3 is 4.74 Å². The molecule has 0 aliphatic rings. The Bertz CT molecular complexity index is 688. The van der Waals surface area contributed by atoms with Crippen molar-refractivity contribution in [2.45, 2.75) is 27.0 Å². The fraction of sp³-hybridized carbons (Fsp3) is 0.308. The molecule has 0 bridgehead atoms. The van der Waals surface area contributed by atoms with E-state index in [0.29, 0.717) is 23.0 Å². The summed E-state index contributed by atoms with van der Waals surface area (Å²) in [5, 5.41) is 15.3. The van der Waals surface area contributed by atoms with Gasteiger partial charge in [-0.25, -0.2) is 0 Å². The third-order valence-electron chi connectivity index (χ3n) is 2.94. The van der Waals surface area contributed by atoms with Crippen LogP contribution in [0.25, 0.3) is 0 Å². The third-order valence-corrected chi connectivity index (χ3v) is 3.44. The normalized spacial score (nSPS) is 10.7. The van der Waals surface area contributed by atoms with Gasteiger partial charge in [0, 0.05) is 18.7 Å². The van der Waals surface area contributed by atoms with E-state index in [4.69, 9.17) is 16.3 Å². The molecule has 0 radical (unpaired) electrons. The molecule has 0 atom stereocenters. The van der Waals surface area contributed by atoms with Crippen LogP contribution in [0.1, 0.15) is 18.3 Å². The quantitative estimate of drug-likeness (QED) is 0.626. The minimum atomic E-state index is -0.941. The van der Waals surface area contributed by atoms with Crippen LogP contribution in [0.2, 0.25) is 5.02 Å². The summed E-state index contributed by atoms with van der Waals surface area (Å²) in [5.74, 6) is -0.751. The van der Waals surface area contributed by atoms with Crippen LogP contribution in [0.4, 0.5) is 10.1 Å². The fourth-order valence-electron chi connectivity index (χ4n) is 1.88. The highest BCUT2D eigenvalue weighted by Gasteiger charge is 2.16. The van der Waals surface area contributed by atoms with Crippen LogP contribution in [0.3, 0.4) is 0 Å². The standard InChI is InChI=1S/C13H13ClFN3O3/c1-3-17-12(13(14)8(2)16-17)7-21-9-4-5-11(18(19)20)10(15)6-9/h4-6H,3,7H2,1-2H3. The van der Waals surface area contributed by atoms with Crippen LogP contribution in [-0.2, 0) is 13.2 Å². The van der Waals surface area contributed by atoms with Crippen molar-refractivity contribution in [3.8, 4) is 5.75 Å². The van der Waals surface area contributed by atoms with Crippen LogP contribution in [0, 0.1) is 22.9 Å². The van der Waals surface area contributed by atoms with Gasteiger partial charge in [0.2, 0.25) is 5.82 Å². The average Bonchev–Trinajstić information content (AvgIpc) is 2.71. The first kappa shape index (κ1) is 15.2. The zero-order valence-corrected chi connectivity index (χ0v) is 12.2. The van der Waals surface area contributed by atoms with Crippen LogP contribution in [0.5, 0.6) is 5.75 Å². The van der Waals surface area contributed by atoms with Crippen molar-refractivity contribution in [3.63, 3.8) is 0 Å². The molecule has 6 nitrogen and oxygen atoms in total. The van der Waals surface area contributed by atoms with Gasteiger partial charge in [-0.3, -0.25) is 14.8 Å². The molecule has 0 spiro atoms. The predicted octanol–water partition coefficient (Wildman–Crippen LogP) is 3.49. The lowest BCUT2D eigenvalue weighted by atomic mass is 10.3. The second-order valence-corrected chi connectivity index (χ2v) is 4.70. The molecule has 0 N–H and O–H groups in total. The highest BCUT2D eigenvalue weighted by molar-refractivity contribution is 6.31. The van der Waals surface area contributed by atoms with E-state index in [9.17, 15) is 14.5 Å². The second-order valence-electron chi connectivity index (χ2n) is 4.32. The van der Waals surface area contributed by atoms with E-state index >= 15 is 0 Å². The Morgan fingerprint density at radius 2 is 2.24 bits per heavy atom. The van der Waals surface area contributed by atoms with Crippen molar-refractivity contribution >= 4 is 17.3 Å². The summed E-state index contributed by atoms with van der Waals surface area (Å²) in [7, 11) is 0. The lowest BCUT2D eigenvalue weighted by molar-refractivity contribution is -0.387. The van der Waals surface area contributed by atoms with Crippen molar-refractivity contribution in [2.75, 3.05) is 0 Å². The first-order valence-corrected chi connectivity index (χ1v) is 6.60. The number of nitro benzene ring substituents is 1. The number of nitro groups is 1. The molecule has 1 aromatic carbocycles. The van der Waals surface area contributed by atoms with E-state index in [1.54, 1.807) is 11.6 Å². The molecule has 0 unspecified atom stereocenters. The summed E-state index contributed by atoms with van der Waals surface area (Å²) in [6.45, 7) is 4.42.